The number of phenolic OH excluding ortho intramolecular Hbond substituents is 1. The van der Waals surface area contributed by atoms with Gasteiger partial charge in [0.05, 0.1) is 16.7 Å². The monoisotopic (exact) mass is 294 g/mol. The van der Waals surface area contributed by atoms with Crippen LogP contribution in [0.1, 0.15) is 10.4 Å². The Morgan fingerprint density at radius 2 is 1.90 bits per heavy atom. The Bertz CT molecular complexity index is 734. The third-order valence-corrected chi connectivity index (χ3v) is 2.60. The topological polar surface area (TPSA) is 92.5 Å². The van der Waals surface area contributed by atoms with E-state index < -0.39 is 33.7 Å². The average molecular weight is 294 g/mol. The molecule has 0 radical (unpaired) electrons. The molecule has 108 valence electrons. The summed E-state index contributed by atoms with van der Waals surface area (Å²) in [5.74, 6) is -3.08. The number of rotatable bonds is 3. The fraction of sp³-hybridized carbons (Fsp3) is 0. The largest absolute Gasteiger partial charge is 0.508 e. The van der Waals surface area contributed by atoms with Crippen molar-refractivity contribution in [3.63, 3.8) is 0 Å². The predicted molar refractivity (Wildman–Crippen MR) is 69.1 cm³/mol. The van der Waals surface area contributed by atoms with E-state index in [1.165, 1.54) is 0 Å². The summed E-state index contributed by atoms with van der Waals surface area (Å²) in [6.45, 7) is 0. The highest BCUT2D eigenvalue weighted by molar-refractivity contribution is 6.07. The van der Waals surface area contributed by atoms with Crippen molar-refractivity contribution >= 4 is 17.3 Å². The van der Waals surface area contributed by atoms with Crippen molar-refractivity contribution in [2.45, 2.75) is 0 Å². The van der Waals surface area contributed by atoms with Crippen LogP contribution in [0, 0.1) is 21.7 Å². The third kappa shape index (κ3) is 3.11. The van der Waals surface area contributed by atoms with Gasteiger partial charge in [-0.3, -0.25) is 14.9 Å². The quantitative estimate of drug-likeness (QED) is 0.517. The maximum absolute atomic E-state index is 13.5. The fourth-order valence-electron chi connectivity index (χ4n) is 1.64. The number of nitro benzene ring substituents is 1. The highest BCUT2D eigenvalue weighted by atomic mass is 19.1. The Morgan fingerprint density at radius 1 is 1.19 bits per heavy atom. The molecule has 0 aliphatic heterocycles. The van der Waals surface area contributed by atoms with E-state index in [9.17, 15) is 23.7 Å². The molecule has 0 heterocycles. The molecular weight excluding hydrogens is 286 g/mol. The predicted octanol–water partition coefficient (Wildman–Crippen LogP) is 2.83. The summed E-state index contributed by atoms with van der Waals surface area (Å²) in [7, 11) is 0. The summed E-state index contributed by atoms with van der Waals surface area (Å²) < 4.78 is 26.5. The summed E-state index contributed by atoms with van der Waals surface area (Å²) in [6.07, 6.45) is 0. The lowest BCUT2D eigenvalue weighted by atomic mass is 10.1. The van der Waals surface area contributed by atoms with Crippen LogP contribution in [0.3, 0.4) is 0 Å². The van der Waals surface area contributed by atoms with Crippen LogP contribution in [0.15, 0.2) is 36.4 Å². The molecule has 6 nitrogen and oxygen atoms in total. The maximum Gasteiger partial charge on any atom is 0.285 e. The first-order valence-corrected chi connectivity index (χ1v) is 5.62. The number of carbonyl (C=O) groups excluding carboxylic acids is 1. The molecule has 0 saturated carbocycles. The molecule has 0 fully saturated rings. The summed E-state index contributed by atoms with van der Waals surface area (Å²) in [4.78, 5) is 21.8. The summed E-state index contributed by atoms with van der Waals surface area (Å²) >= 11 is 0. The van der Waals surface area contributed by atoms with E-state index in [2.05, 4.69) is 5.32 Å². The number of phenols is 1. The van der Waals surface area contributed by atoms with Crippen molar-refractivity contribution in [1.82, 2.24) is 0 Å². The molecule has 0 bridgehead atoms. The van der Waals surface area contributed by atoms with Gasteiger partial charge in [0.25, 0.3) is 11.6 Å². The smallest absolute Gasteiger partial charge is 0.285 e. The number of halogens is 2. The Labute approximate surface area is 116 Å². The molecule has 1 amide bonds. The molecule has 2 rings (SSSR count). The summed E-state index contributed by atoms with van der Waals surface area (Å²) in [5, 5.41) is 22.0. The van der Waals surface area contributed by atoms with Crippen LogP contribution in [0.25, 0.3) is 0 Å². The number of amides is 1. The SMILES string of the molecule is O=C(Nc1ccc(O)cc1F)c1ccc(F)cc1[N+](=O)[O-]. The van der Waals surface area contributed by atoms with E-state index in [0.29, 0.717) is 6.07 Å². The van der Waals surface area contributed by atoms with Crippen LogP contribution in [-0.4, -0.2) is 15.9 Å². The minimum Gasteiger partial charge on any atom is -0.508 e. The van der Waals surface area contributed by atoms with Crippen LogP contribution in [0.5, 0.6) is 5.75 Å². The van der Waals surface area contributed by atoms with Crippen LogP contribution in [0.4, 0.5) is 20.2 Å². The molecule has 0 unspecified atom stereocenters. The molecule has 8 heteroatoms. The zero-order chi connectivity index (χ0) is 15.6. The van der Waals surface area contributed by atoms with Gasteiger partial charge >= 0.3 is 0 Å². The van der Waals surface area contributed by atoms with Gasteiger partial charge in [-0.1, -0.05) is 0 Å². The highest BCUT2D eigenvalue weighted by Gasteiger charge is 2.21. The number of aromatic hydroxyl groups is 1. The number of nitrogens with one attached hydrogen (secondary N) is 1. The zero-order valence-electron chi connectivity index (χ0n) is 10.3. The van der Waals surface area contributed by atoms with Gasteiger partial charge in [0.15, 0.2) is 0 Å². The highest BCUT2D eigenvalue weighted by Crippen LogP contribution is 2.23. The molecule has 21 heavy (non-hydrogen) atoms. The molecular formula is C13H8F2N2O4. The van der Waals surface area contributed by atoms with Gasteiger partial charge in [0.2, 0.25) is 0 Å². The van der Waals surface area contributed by atoms with Crippen LogP contribution < -0.4 is 5.32 Å². The van der Waals surface area contributed by atoms with E-state index in [0.717, 1.165) is 30.3 Å². The second kappa shape index (κ2) is 5.53. The molecule has 2 aromatic carbocycles. The summed E-state index contributed by atoms with van der Waals surface area (Å²) in [6, 6.07) is 5.42. The van der Waals surface area contributed by atoms with Crippen LogP contribution in [0.2, 0.25) is 0 Å². The zero-order valence-corrected chi connectivity index (χ0v) is 10.3. The number of nitro groups is 1. The van der Waals surface area contributed by atoms with Gasteiger partial charge in [0.1, 0.15) is 22.9 Å². The average Bonchev–Trinajstić information content (AvgIpc) is 2.41. The second-order valence-electron chi connectivity index (χ2n) is 4.04. The number of benzene rings is 2. The van der Waals surface area contributed by atoms with Crippen molar-refractivity contribution in [2.75, 3.05) is 5.32 Å². The molecule has 0 saturated heterocycles. The number of hydrogen-bond acceptors (Lipinski definition) is 4. The van der Waals surface area contributed by atoms with Gasteiger partial charge in [-0.25, -0.2) is 8.78 Å². The Morgan fingerprint density at radius 3 is 2.52 bits per heavy atom. The first kappa shape index (κ1) is 14.4. The van der Waals surface area contributed by atoms with Gasteiger partial charge in [-0.2, -0.15) is 0 Å². The van der Waals surface area contributed by atoms with Gasteiger partial charge in [-0.15, -0.1) is 0 Å². The molecule has 0 aromatic heterocycles. The lowest BCUT2D eigenvalue weighted by Gasteiger charge is -2.07. The maximum atomic E-state index is 13.5. The molecule has 0 atom stereocenters. The molecule has 2 N–H and O–H groups in total. The first-order valence-electron chi connectivity index (χ1n) is 5.62. The van der Waals surface area contributed by atoms with E-state index in [-0.39, 0.29) is 11.4 Å². The minimum absolute atomic E-state index is 0.267. The van der Waals surface area contributed by atoms with Crippen molar-refractivity contribution in [2.24, 2.45) is 0 Å². The van der Waals surface area contributed by atoms with E-state index in [1.54, 1.807) is 0 Å². The van der Waals surface area contributed by atoms with E-state index >= 15 is 0 Å². The Hall–Kier alpha value is -3.03. The Kier molecular flexibility index (Phi) is 3.79. The fourth-order valence-corrected chi connectivity index (χ4v) is 1.64. The molecule has 2 aromatic rings. The standard InChI is InChI=1S/C13H8F2N2O4/c14-7-1-3-9(12(5-7)17(20)21)13(19)16-11-4-2-8(18)6-10(11)15/h1-6,18H,(H,16,19). The van der Waals surface area contributed by atoms with Crippen molar-refractivity contribution in [1.29, 1.82) is 0 Å². The minimum atomic E-state index is -0.966. The number of anilines is 1. The third-order valence-electron chi connectivity index (χ3n) is 2.60. The number of nitrogens with zero attached hydrogens (tertiary/aromatic N) is 1. The molecule has 0 aliphatic rings. The van der Waals surface area contributed by atoms with Crippen molar-refractivity contribution in [3.05, 3.63) is 63.7 Å². The molecule has 0 spiro atoms. The van der Waals surface area contributed by atoms with Gasteiger partial charge in [-0.05, 0) is 24.3 Å². The molecule has 0 aliphatic carbocycles. The lowest BCUT2D eigenvalue weighted by Crippen LogP contribution is -2.15. The lowest BCUT2D eigenvalue weighted by molar-refractivity contribution is -0.385. The number of carbonyl (C=O) groups is 1. The van der Waals surface area contributed by atoms with Gasteiger partial charge in [0, 0.05) is 6.07 Å². The Balaban J connectivity index is 2.34. The van der Waals surface area contributed by atoms with E-state index in [1.807, 2.05) is 0 Å². The number of hydrogen-bond donors (Lipinski definition) is 2. The summed E-state index contributed by atoms with van der Waals surface area (Å²) in [5.41, 5.74) is -1.41. The van der Waals surface area contributed by atoms with Crippen LogP contribution >= 0.6 is 0 Å². The van der Waals surface area contributed by atoms with Crippen molar-refractivity contribution < 1.29 is 23.6 Å². The first-order chi connectivity index (χ1) is 9.88. The normalized spacial score (nSPS) is 10.2. The second-order valence-corrected chi connectivity index (χ2v) is 4.04. The van der Waals surface area contributed by atoms with E-state index in [4.69, 9.17) is 5.11 Å². The van der Waals surface area contributed by atoms with Gasteiger partial charge < -0.3 is 10.4 Å². The van der Waals surface area contributed by atoms with Crippen molar-refractivity contribution in [3.8, 4) is 5.75 Å². The van der Waals surface area contributed by atoms with Crippen LogP contribution in [-0.2, 0) is 0 Å².